The predicted octanol–water partition coefficient (Wildman–Crippen LogP) is 4.34. The van der Waals surface area contributed by atoms with Crippen LogP contribution < -0.4 is 15.1 Å². The fourth-order valence-corrected chi connectivity index (χ4v) is 5.02. The van der Waals surface area contributed by atoms with Crippen molar-refractivity contribution in [3.63, 3.8) is 0 Å². The van der Waals surface area contributed by atoms with Crippen LogP contribution in [-0.4, -0.2) is 50.3 Å². The third kappa shape index (κ3) is 5.16. The van der Waals surface area contributed by atoms with E-state index in [4.69, 9.17) is 4.42 Å². The first-order valence-corrected chi connectivity index (χ1v) is 12.6. The minimum Gasteiger partial charge on any atom is -0.417 e. The number of alkyl halides is 3. The molecule has 202 valence electrons. The number of rotatable bonds is 5. The van der Waals surface area contributed by atoms with Gasteiger partial charge in [0.15, 0.2) is 11.5 Å². The summed E-state index contributed by atoms with van der Waals surface area (Å²) in [5.41, 5.74) is 0.0877. The van der Waals surface area contributed by atoms with Crippen LogP contribution in [0, 0.1) is 0 Å². The molecular formula is C26H25F3N8O2. The summed E-state index contributed by atoms with van der Waals surface area (Å²) in [4.78, 5) is 24.6. The van der Waals surface area contributed by atoms with Crippen molar-refractivity contribution in [3.8, 4) is 0 Å². The highest BCUT2D eigenvalue weighted by Crippen LogP contribution is 2.36. The van der Waals surface area contributed by atoms with Crippen LogP contribution in [-0.2, 0) is 19.3 Å². The van der Waals surface area contributed by atoms with Crippen molar-refractivity contribution < 1.29 is 22.4 Å². The van der Waals surface area contributed by atoms with Gasteiger partial charge in [-0.3, -0.25) is 4.79 Å². The maximum Gasteiger partial charge on any atom is 0.437 e. The monoisotopic (exact) mass is 538 g/mol. The zero-order valence-electron chi connectivity index (χ0n) is 20.8. The van der Waals surface area contributed by atoms with Crippen molar-refractivity contribution >= 4 is 23.4 Å². The maximum atomic E-state index is 13.8. The van der Waals surface area contributed by atoms with E-state index in [0.717, 1.165) is 18.7 Å². The van der Waals surface area contributed by atoms with Gasteiger partial charge in [-0.2, -0.15) is 18.2 Å². The number of benzene rings is 1. The number of pyridine rings is 1. The Hall–Kier alpha value is -4.42. The van der Waals surface area contributed by atoms with Gasteiger partial charge >= 0.3 is 6.18 Å². The third-order valence-corrected chi connectivity index (χ3v) is 7.10. The van der Waals surface area contributed by atoms with Crippen molar-refractivity contribution in [2.75, 3.05) is 34.8 Å². The molecule has 13 heteroatoms. The molecule has 1 fully saturated rings. The second-order valence-corrected chi connectivity index (χ2v) is 9.57. The normalized spacial score (nSPS) is 16.3. The first kappa shape index (κ1) is 24.9. The molecule has 0 aliphatic carbocycles. The van der Waals surface area contributed by atoms with E-state index in [2.05, 4.69) is 37.6 Å². The van der Waals surface area contributed by atoms with Crippen molar-refractivity contribution in [1.82, 2.24) is 24.7 Å². The zero-order valence-corrected chi connectivity index (χ0v) is 20.8. The van der Waals surface area contributed by atoms with Crippen LogP contribution in [0.25, 0.3) is 0 Å². The van der Waals surface area contributed by atoms with Crippen LogP contribution in [0.2, 0.25) is 0 Å². The summed E-state index contributed by atoms with van der Waals surface area (Å²) in [6.07, 6.45) is -0.305. The van der Waals surface area contributed by atoms with Crippen LogP contribution in [0.3, 0.4) is 0 Å². The number of carbonyl (C=O) groups excluding carboxylic acids is 1. The highest BCUT2D eigenvalue weighted by Gasteiger charge is 2.42. The van der Waals surface area contributed by atoms with Gasteiger partial charge in [-0.1, -0.05) is 30.3 Å². The minimum atomic E-state index is -4.85. The van der Waals surface area contributed by atoms with Gasteiger partial charge in [-0.25, -0.2) is 4.98 Å². The van der Waals surface area contributed by atoms with E-state index in [1.165, 1.54) is 11.8 Å². The first-order chi connectivity index (χ1) is 18.8. The lowest BCUT2D eigenvalue weighted by atomic mass is 9.90. The van der Waals surface area contributed by atoms with Gasteiger partial charge in [0.2, 0.25) is 5.76 Å². The highest BCUT2D eigenvalue weighted by atomic mass is 19.4. The van der Waals surface area contributed by atoms with E-state index in [-0.39, 0.29) is 11.7 Å². The molecular weight excluding hydrogens is 513 g/mol. The van der Waals surface area contributed by atoms with E-state index in [1.807, 2.05) is 27.7 Å². The van der Waals surface area contributed by atoms with Crippen molar-refractivity contribution in [1.29, 1.82) is 0 Å². The van der Waals surface area contributed by atoms with Crippen LogP contribution in [0.15, 0.2) is 59.4 Å². The number of nitrogens with one attached hydrogen (secondary N) is 1. The Morgan fingerprint density at radius 3 is 2.51 bits per heavy atom. The molecule has 4 aromatic rings. The van der Waals surface area contributed by atoms with Crippen LogP contribution in [0.1, 0.15) is 46.4 Å². The van der Waals surface area contributed by atoms with Crippen molar-refractivity contribution in [2.24, 2.45) is 0 Å². The summed E-state index contributed by atoms with van der Waals surface area (Å²) in [5, 5.41) is 10.4. The number of anilines is 3. The maximum absolute atomic E-state index is 13.8. The molecule has 6 rings (SSSR count). The van der Waals surface area contributed by atoms with Gasteiger partial charge in [-0.05, 0) is 36.5 Å². The van der Waals surface area contributed by atoms with Crippen molar-refractivity contribution in [2.45, 2.75) is 38.0 Å². The highest BCUT2D eigenvalue weighted by molar-refractivity contribution is 6.03. The first-order valence-electron chi connectivity index (χ1n) is 12.6. The standard InChI is InChI=1S/C26H25F3N8O2/c27-26(28,29)23-22(39-25(33-23)35-10-8-18(9-11-35)17-4-2-1-3-5-17)24(38)32-19-6-7-20(30-14-19)36-12-13-37-16-31-34-21(37)15-36/h1-7,14,16,18H,8-13,15H2,(H,32,38). The summed E-state index contributed by atoms with van der Waals surface area (Å²) >= 11 is 0. The lowest BCUT2D eigenvalue weighted by Crippen LogP contribution is -2.34. The van der Waals surface area contributed by atoms with Crippen LogP contribution in [0.5, 0.6) is 0 Å². The topological polar surface area (TPSA) is 105 Å². The van der Waals surface area contributed by atoms with Gasteiger partial charge < -0.3 is 24.1 Å². The summed E-state index contributed by atoms with van der Waals surface area (Å²) in [7, 11) is 0. The SMILES string of the molecule is O=C(Nc1ccc(N2CCn3cnnc3C2)nc1)c1oc(N2CCC(c3ccccc3)CC2)nc1C(F)(F)F. The summed E-state index contributed by atoms with van der Waals surface area (Å²) < 4.78 is 48.8. The van der Waals surface area contributed by atoms with E-state index < -0.39 is 23.5 Å². The molecule has 5 heterocycles. The Morgan fingerprint density at radius 1 is 1.00 bits per heavy atom. The molecule has 1 N–H and O–H groups in total. The van der Waals surface area contributed by atoms with Gasteiger partial charge in [0, 0.05) is 26.2 Å². The predicted molar refractivity (Wildman–Crippen MR) is 135 cm³/mol. The summed E-state index contributed by atoms with van der Waals surface area (Å²) in [6.45, 7) is 2.87. The number of piperidine rings is 1. The number of hydrogen-bond acceptors (Lipinski definition) is 8. The number of nitrogens with zero attached hydrogens (tertiary/aromatic N) is 7. The fraction of sp³-hybridized carbons (Fsp3) is 0.346. The Bertz CT molecular complexity index is 1440. The molecule has 0 unspecified atom stereocenters. The lowest BCUT2D eigenvalue weighted by Gasteiger charge is -2.31. The molecule has 2 aliphatic heterocycles. The van der Waals surface area contributed by atoms with Crippen LogP contribution in [0.4, 0.5) is 30.7 Å². The smallest absolute Gasteiger partial charge is 0.417 e. The molecule has 1 amide bonds. The second kappa shape index (κ2) is 10.0. The quantitative estimate of drug-likeness (QED) is 0.400. The molecule has 0 bridgehead atoms. The van der Waals surface area contributed by atoms with Gasteiger partial charge in [0.05, 0.1) is 18.4 Å². The number of aromatic nitrogens is 5. The molecule has 0 saturated carbocycles. The molecule has 1 aromatic carbocycles. The summed E-state index contributed by atoms with van der Waals surface area (Å²) in [5.74, 6) is -0.145. The Balaban J connectivity index is 1.14. The average Bonchev–Trinajstić information content (AvgIpc) is 3.62. The fourth-order valence-electron chi connectivity index (χ4n) is 5.02. The molecule has 39 heavy (non-hydrogen) atoms. The Labute approximate surface area is 221 Å². The number of hydrogen-bond donors (Lipinski definition) is 1. The number of amides is 1. The van der Waals surface area contributed by atoms with E-state index in [9.17, 15) is 18.0 Å². The lowest BCUT2D eigenvalue weighted by molar-refractivity contribution is -0.141. The van der Waals surface area contributed by atoms with Gasteiger partial charge in [0.1, 0.15) is 12.1 Å². The van der Waals surface area contributed by atoms with Crippen molar-refractivity contribution in [3.05, 3.63) is 77.8 Å². The Morgan fingerprint density at radius 2 is 1.79 bits per heavy atom. The summed E-state index contributed by atoms with van der Waals surface area (Å²) in [6, 6.07) is 13.1. The molecule has 0 radical (unpaired) electrons. The minimum absolute atomic E-state index is 0.203. The third-order valence-electron chi connectivity index (χ3n) is 7.10. The van der Waals surface area contributed by atoms with E-state index in [1.54, 1.807) is 23.4 Å². The van der Waals surface area contributed by atoms with Gasteiger partial charge in [-0.15, -0.1) is 10.2 Å². The van der Waals surface area contributed by atoms with E-state index >= 15 is 0 Å². The van der Waals surface area contributed by atoms with E-state index in [0.29, 0.717) is 44.5 Å². The average molecular weight is 539 g/mol. The largest absolute Gasteiger partial charge is 0.437 e. The molecule has 2 aliphatic rings. The second-order valence-electron chi connectivity index (χ2n) is 9.57. The number of fused-ring (bicyclic) bond motifs is 1. The molecule has 1 saturated heterocycles. The number of halogens is 3. The molecule has 3 aromatic heterocycles. The number of carbonyl (C=O) groups is 1. The molecule has 10 nitrogen and oxygen atoms in total. The Kier molecular flexibility index (Phi) is 6.41. The number of oxazole rings is 1. The van der Waals surface area contributed by atoms with Crippen LogP contribution >= 0.6 is 0 Å². The molecule has 0 spiro atoms. The van der Waals surface area contributed by atoms with Gasteiger partial charge in [0.25, 0.3) is 11.9 Å². The molecule has 0 atom stereocenters. The zero-order chi connectivity index (χ0) is 27.0.